The van der Waals surface area contributed by atoms with Crippen LogP contribution in [-0.4, -0.2) is 24.3 Å². The molecule has 2 amide bonds. The van der Waals surface area contributed by atoms with Crippen LogP contribution in [0.3, 0.4) is 0 Å². The Bertz CT molecular complexity index is 486. The largest absolute Gasteiger partial charge is 0.396 e. The number of fused-ring (bicyclic) bond motifs is 1. The van der Waals surface area contributed by atoms with Crippen LogP contribution >= 0.6 is 0 Å². The Kier molecular flexibility index (Phi) is 4.62. The molecule has 1 aromatic carbocycles. The van der Waals surface area contributed by atoms with E-state index in [-0.39, 0.29) is 18.1 Å². The van der Waals surface area contributed by atoms with Crippen molar-refractivity contribution in [3.8, 4) is 0 Å². The number of hydrogen-bond acceptors (Lipinski definition) is 3. The molecule has 0 aromatic heterocycles. The third-order valence-electron chi connectivity index (χ3n) is 3.50. The molecule has 0 spiro atoms. The van der Waals surface area contributed by atoms with E-state index >= 15 is 0 Å². The molecule has 0 aliphatic carbocycles. The van der Waals surface area contributed by atoms with Gasteiger partial charge in [-0.05, 0) is 35.1 Å². The van der Waals surface area contributed by atoms with E-state index in [9.17, 15) is 4.79 Å². The molecule has 20 heavy (non-hydrogen) atoms. The van der Waals surface area contributed by atoms with Crippen LogP contribution < -0.4 is 10.6 Å². The van der Waals surface area contributed by atoms with E-state index in [1.54, 1.807) is 0 Å². The van der Waals surface area contributed by atoms with Crippen LogP contribution in [0.5, 0.6) is 0 Å². The van der Waals surface area contributed by atoms with Crippen LogP contribution in [0.1, 0.15) is 31.4 Å². The third kappa shape index (κ3) is 3.95. The summed E-state index contributed by atoms with van der Waals surface area (Å²) in [6.45, 7) is 5.92. The van der Waals surface area contributed by atoms with Gasteiger partial charge in [0, 0.05) is 18.8 Å². The zero-order valence-electron chi connectivity index (χ0n) is 12.0. The summed E-state index contributed by atoms with van der Waals surface area (Å²) < 4.78 is 5.34. The van der Waals surface area contributed by atoms with Gasteiger partial charge in [-0.15, -0.1) is 0 Å². The predicted octanol–water partition coefficient (Wildman–Crippen LogP) is 2.25. The lowest BCUT2D eigenvalue weighted by atomic mass is 9.90. The summed E-state index contributed by atoms with van der Waals surface area (Å²) in [7, 11) is 0. The molecule has 0 saturated carbocycles. The second-order valence-electron chi connectivity index (χ2n) is 5.92. The van der Waals surface area contributed by atoms with Crippen molar-refractivity contribution in [1.29, 1.82) is 0 Å². The lowest BCUT2D eigenvalue weighted by Crippen LogP contribution is -2.37. The molecule has 3 N–H and O–H groups in total. The quantitative estimate of drug-likeness (QED) is 0.773. The van der Waals surface area contributed by atoms with Crippen molar-refractivity contribution in [2.45, 2.75) is 33.5 Å². The monoisotopic (exact) mass is 278 g/mol. The van der Waals surface area contributed by atoms with Crippen molar-refractivity contribution in [1.82, 2.24) is 5.32 Å². The zero-order valence-corrected chi connectivity index (χ0v) is 12.0. The van der Waals surface area contributed by atoms with Crippen molar-refractivity contribution in [3.05, 3.63) is 29.3 Å². The Balaban J connectivity index is 1.85. The maximum absolute atomic E-state index is 11.8. The molecule has 5 nitrogen and oxygen atoms in total. The Morgan fingerprint density at radius 3 is 2.85 bits per heavy atom. The fraction of sp³-hybridized carbons (Fsp3) is 0.533. The van der Waals surface area contributed by atoms with Crippen molar-refractivity contribution >= 4 is 11.7 Å². The van der Waals surface area contributed by atoms with Gasteiger partial charge in [0.25, 0.3) is 0 Å². The van der Waals surface area contributed by atoms with Crippen LogP contribution in [0.25, 0.3) is 0 Å². The summed E-state index contributed by atoms with van der Waals surface area (Å²) >= 11 is 0. The molecule has 0 unspecified atom stereocenters. The number of carbonyl (C=O) groups excluding carboxylic acids is 1. The van der Waals surface area contributed by atoms with Gasteiger partial charge < -0.3 is 20.5 Å². The van der Waals surface area contributed by atoms with Crippen molar-refractivity contribution in [3.63, 3.8) is 0 Å². The van der Waals surface area contributed by atoms with E-state index < -0.39 is 0 Å². The van der Waals surface area contributed by atoms with Crippen LogP contribution in [-0.2, 0) is 18.0 Å². The average Bonchev–Trinajstić information content (AvgIpc) is 2.84. The Labute approximate surface area is 119 Å². The first kappa shape index (κ1) is 14.8. The van der Waals surface area contributed by atoms with Gasteiger partial charge in [-0.25, -0.2) is 4.79 Å². The van der Waals surface area contributed by atoms with Gasteiger partial charge in [-0.2, -0.15) is 0 Å². The van der Waals surface area contributed by atoms with Crippen LogP contribution in [0.15, 0.2) is 18.2 Å². The average molecular weight is 278 g/mol. The molecule has 1 aromatic rings. The van der Waals surface area contributed by atoms with Crippen molar-refractivity contribution in [2.75, 3.05) is 18.5 Å². The van der Waals surface area contributed by atoms with Gasteiger partial charge in [0.2, 0.25) is 0 Å². The molecule has 0 radical (unpaired) electrons. The zero-order chi connectivity index (χ0) is 14.6. The summed E-state index contributed by atoms with van der Waals surface area (Å²) in [5.74, 6) is 0. The molecule has 110 valence electrons. The molecule has 1 aliphatic heterocycles. The fourth-order valence-corrected chi connectivity index (χ4v) is 2.14. The molecule has 0 saturated heterocycles. The first-order chi connectivity index (χ1) is 9.50. The smallest absolute Gasteiger partial charge is 0.319 e. The van der Waals surface area contributed by atoms with E-state index in [2.05, 4.69) is 10.6 Å². The molecule has 0 atom stereocenters. The lowest BCUT2D eigenvalue weighted by Gasteiger charge is -2.23. The number of nitrogens with one attached hydrogen (secondary N) is 2. The first-order valence-electron chi connectivity index (χ1n) is 6.85. The van der Waals surface area contributed by atoms with E-state index in [0.29, 0.717) is 26.2 Å². The first-order valence-corrected chi connectivity index (χ1v) is 6.85. The number of urea groups is 1. The second kappa shape index (κ2) is 6.24. The van der Waals surface area contributed by atoms with E-state index in [4.69, 9.17) is 9.84 Å². The maximum atomic E-state index is 11.8. The van der Waals surface area contributed by atoms with Gasteiger partial charge in [0.1, 0.15) is 0 Å². The summed E-state index contributed by atoms with van der Waals surface area (Å²) in [4.78, 5) is 11.8. The number of anilines is 1. The third-order valence-corrected chi connectivity index (χ3v) is 3.50. The van der Waals surface area contributed by atoms with E-state index in [1.807, 2.05) is 32.0 Å². The molecule has 5 heteroatoms. The molecular weight excluding hydrogens is 256 g/mol. The summed E-state index contributed by atoms with van der Waals surface area (Å²) in [5.41, 5.74) is 2.97. The Hall–Kier alpha value is -1.59. The summed E-state index contributed by atoms with van der Waals surface area (Å²) in [6.07, 6.45) is 0.656. The maximum Gasteiger partial charge on any atom is 0.319 e. The number of rotatable bonds is 5. The number of carbonyl (C=O) groups is 1. The molecule has 0 bridgehead atoms. The Morgan fingerprint density at radius 2 is 2.10 bits per heavy atom. The molecule has 1 heterocycles. The number of hydrogen-bond donors (Lipinski definition) is 3. The van der Waals surface area contributed by atoms with E-state index in [1.165, 1.54) is 5.56 Å². The number of aliphatic hydroxyl groups excluding tert-OH is 1. The molecule has 2 rings (SSSR count). The van der Waals surface area contributed by atoms with Crippen molar-refractivity contribution < 1.29 is 14.6 Å². The highest BCUT2D eigenvalue weighted by Crippen LogP contribution is 2.23. The minimum absolute atomic E-state index is 0.113. The highest BCUT2D eigenvalue weighted by atomic mass is 16.5. The van der Waals surface area contributed by atoms with Gasteiger partial charge in [0.15, 0.2) is 0 Å². The Morgan fingerprint density at radius 1 is 1.35 bits per heavy atom. The van der Waals surface area contributed by atoms with Crippen LogP contribution in [0.2, 0.25) is 0 Å². The normalized spacial score (nSPS) is 13.9. The molecule has 1 aliphatic rings. The molecule has 0 fully saturated rings. The number of benzene rings is 1. The van der Waals surface area contributed by atoms with Gasteiger partial charge in [-0.1, -0.05) is 19.9 Å². The van der Waals surface area contributed by atoms with Crippen molar-refractivity contribution in [2.24, 2.45) is 5.41 Å². The SMILES string of the molecule is CC(C)(CCO)CNC(=O)Nc1ccc2c(c1)COC2. The topological polar surface area (TPSA) is 70.6 Å². The van der Waals surface area contributed by atoms with Gasteiger partial charge in [-0.3, -0.25) is 0 Å². The fourth-order valence-electron chi connectivity index (χ4n) is 2.14. The standard InChI is InChI=1S/C15H22N2O3/c1-15(2,5-6-18)10-16-14(19)17-13-4-3-11-8-20-9-12(11)7-13/h3-4,7,18H,5-6,8-10H2,1-2H3,(H2,16,17,19). The molecular formula is C15H22N2O3. The van der Waals surface area contributed by atoms with Crippen LogP contribution in [0, 0.1) is 5.41 Å². The highest BCUT2D eigenvalue weighted by Gasteiger charge is 2.18. The van der Waals surface area contributed by atoms with E-state index in [0.717, 1.165) is 11.3 Å². The number of amides is 2. The lowest BCUT2D eigenvalue weighted by molar-refractivity contribution is 0.134. The number of aliphatic hydroxyl groups is 1. The second-order valence-corrected chi connectivity index (χ2v) is 5.92. The minimum atomic E-state index is -0.227. The summed E-state index contributed by atoms with van der Waals surface area (Å²) in [5, 5.41) is 14.6. The van der Waals surface area contributed by atoms with Gasteiger partial charge >= 0.3 is 6.03 Å². The highest BCUT2D eigenvalue weighted by molar-refractivity contribution is 5.89. The van der Waals surface area contributed by atoms with Gasteiger partial charge in [0.05, 0.1) is 13.2 Å². The minimum Gasteiger partial charge on any atom is -0.396 e. The summed E-state index contributed by atoms with van der Waals surface area (Å²) in [6, 6.07) is 5.58. The number of ether oxygens (including phenoxy) is 1. The predicted molar refractivity (Wildman–Crippen MR) is 77.4 cm³/mol. The van der Waals surface area contributed by atoms with Crippen LogP contribution in [0.4, 0.5) is 10.5 Å².